The van der Waals surface area contributed by atoms with Gasteiger partial charge >= 0.3 is 31.3 Å². The summed E-state index contributed by atoms with van der Waals surface area (Å²) in [5.41, 5.74) is -12.4. The lowest BCUT2D eigenvalue weighted by Gasteiger charge is -2.47. The molecule has 0 heterocycles. The molecule has 29 heavy (non-hydrogen) atoms. The Morgan fingerprint density at radius 1 is 0.759 bits per heavy atom. The van der Waals surface area contributed by atoms with Crippen LogP contribution in [0.5, 0.6) is 11.5 Å². The second kappa shape index (κ2) is 6.65. The highest BCUT2D eigenvalue weighted by atomic mass is 32.2. The third kappa shape index (κ3) is 3.76. The summed E-state index contributed by atoms with van der Waals surface area (Å²) < 4.78 is 130. The number of hydrogen-bond acceptors (Lipinski definition) is 6. The molecule has 6 nitrogen and oxygen atoms in total. The van der Waals surface area contributed by atoms with Crippen molar-refractivity contribution in [3.05, 3.63) is 23.3 Å². The number of fused-ring (bicyclic) bond motifs is 2. The molecule has 164 valence electrons. The van der Waals surface area contributed by atoms with Gasteiger partial charge in [0.05, 0.1) is 0 Å². The Morgan fingerprint density at radius 2 is 1.21 bits per heavy atom. The van der Waals surface area contributed by atoms with Gasteiger partial charge < -0.3 is 8.37 Å². The van der Waals surface area contributed by atoms with E-state index in [0.29, 0.717) is 44.2 Å². The zero-order chi connectivity index (χ0) is 21.9. The van der Waals surface area contributed by atoms with Gasteiger partial charge in [-0.1, -0.05) is 6.42 Å². The van der Waals surface area contributed by atoms with E-state index in [1.807, 2.05) is 0 Å². The molecular weight excluding hydrogens is 454 g/mol. The average molecular weight is 468 g/mol. The first-order chi connectivity index (χ1) is 13.1. The van der Waals surface area contributed by atoms with Crippen LogP contribution in [0.25, 0.3) is 0 Å². The quantitative estimate of drug-likeness (QED) is 0.379. The van der Waals surface area contributed by atoms with Crippen molar-refractivity contribution in [1.82, 2.24) is 0 Å². The van der Waals surface area contributed by atoms with Gasteiger partial charge in [0.25, 0.3) is 0 Å². The van der Waals surface area contributed by atoms with Crippen LogP contribution in [0.2, 0.25) is 0 Å². The van der Waals surface area contributed by atoms with E-state index in [2.05, 4.69) is 8.37 Å². The van der Waals surface area contributed by atoms with E-state index in [0.717, 1.165) is 0 Å². The van der Waals surface area contributed by atoms with E-state index < -0.39 is 48.2 Å². The smallest absolute Gasteiger partial charge is 0.376 e. The molecule has 0 atom stereocenters. The first-order valence-corrected chi connectivity index (χ1v) is 11.1. The molecule has 0 radical (unpaired) electrons. The molecule has 0 saturated heterocycles. The Balaban J connectivity index is 2.14. The van der Waals surface area contributed by atoms with Gasteiger partial charge in [0.1, 0.15) is 11.5 Å². The summed E-state index contributed by atoms with van der Waals surface area (Å²) in [6, 6.07) is 1.36. The highest BCUT2D eigenvalue weighted by molar-refractivity contribution is 7.88. The van der Waals surface area contributed by atoms with Crippen molar-refractivity contribution in [1.29, 1.82) is 0 Å². The van der Waals surface area contributed by atoms with Crippen molar-refractivity contribution in [2.75, 3.05) is 0 Å². The van der Waals surface area contributed by atoms with Crippen molar-refractivity contribution in [3.8, 4) is 11.5 Å². The van der Waals surface area contributed by atoms with Gasteiger partial charge in [0.15, 0.2) is 0 Å². The summed E-state index contributed by atoms with van der Waals surface area (Å²) in [6.07, 6.45) is 2.39. The molecule has 0 unspecified atom stereocenters. The summed E-state index contributed by atoms with van der Waals surface area (Å²) in [7, 11) is -12.0. The SMILES string of the molecule is O=S(=O)(Oc1ccc(OS(=O)(=O)C(F)(F)F)c2c1CCCC21CCC1)C(F)(F)F. The molecule has 0 N–H and O–H groups in total. The van der Waals surface area contributed by atoms with Crippen molar-refractivity contribution >= 4 is 20.2 Å². The van der Waals surface area contributed by atoms with Crippen molar-refractivity contribution in [2.45, 2.75) is 55.0 Å². The second-order valence-electron chi connectivity index (χ2n) is 6.87. The van der Waals surface area contributed by atoms with Crippen LogP contribution in [0.3, 0.4) is 0 Å². The Kier molecular flexibility index (Phi) is 5.05. The second-order valence-corrected chi connectivity index (χ2v) is 9.94. The maximum Gasteiger partial charge on any atom is 0.534 e. The highest BCUT2D eigenvalue weighted by Crippen LogP contribution is 2.56. The summed E-state index contributed by atoms with van der Waals surface area (Å²) in [6.45, 7) is 0. The fourth-order valence-corrected chi connectivity index (χ4v) is 4.70. The largest absolute Gasteiger partial charge is 0.534 e. The summed E-state index contributed by atoms with van der Waals surface area (Å²) in [5.74, 6) is -1.39. The van der Waals surface area contributed by atoms with E-state index in [9.17, 15) is 43.2 Å². The van der Waals surface area contributed by atoms with E-state index in [4.69, 9.17) is 0 Å². The number of alkyl halides is 6. The van der Waals surface area contributed by atoms with Gasteiger partial charge in [0, 0.05) is 11.1 Å². The fourth-order valence-electron chi connectivity index (χ4n) is 3.75. The molecule has 1 fully saturated rings. The lowest BCUT2D eigenvalue weighted by Crippen LogP contribution is -2.39. The van der Waals surface area contributed by atoms with Gasteiger partial charge in [0.2, 0.25) is 0 Å². The van der Waals surface area contributed by atoms with E-state index >= 15 is 0 Å². The Morgan fingerprint density at radius 3 is 1.66 bits per heavy atom. The molecule has 0 amide bonds. The highest BCUT2D eigenvalue weighted by Gasteiger charge is 2.52. The molecular formula is C15H14F6O6S2. The number of halogens is 6. The predicted molar refractivity (Wildman–Crippen MR) is 86.1 cm³/mol. The topological polar surface area (TPSA) is 86.7 Å². The summed E-state index contributed by atoms with van der Waals surface area (Å²) in [4.78, 5) is 0. The Labute approximate surface area is 162 Å². The molecule has 0 aromatic heterocycles. The lowest BCUT2D eigenvalue weighted by molar-refractivity contribution is -0.0506. The van der Waals surface area contributed by atoms with Gasteiger partial charge in [-0.2, -0.15) is 43.2 Å². The minimum absolute atomic E-state index is 0.0109. The normalized spacial score (nSPS) is 19.4. The first-order valence-electron chi connectivity index (χ1n) is 8.28. The molecule has 2 aliphatic rings. The zero-order valence-corrected chi connectivity index (χ0v) is 16.1. The van der Waals surface area contributed by atoms with Crippen molar-refractivity contribution in [3.63, 3.8) is 0 Å². The van der Waals surface area contributed by atoms with Crippen LogP contribution in [0, 0.1) is 0 Å². The maximum absolute atomic E-state index is 12.7. The van der Waals surface area contributed by atoms with Crippen LogP contribution in [0.4, 0.5) is 26.3 Å². The van der Waals surface area contributed by atoms with E-state index in [-0.39, 0.29) is 17.5 Å². The number of benzene rings is 1. The number of rotatable bonds is 4. The van der Waals surface area contributed by atoms with Gasteiger partial charge in [-0.15, -0.1) is 0 Å². The number of hydrogen-bond donors (Lipinski definition) is 0. The van der Waals surface area contributed by atoms with Crippen molar-refractivity contribution < 1.29 is 51.5 Å². The maximum atomic E-state index is 12.7. The van der Waals surface area contributed by atoms with Crippen molar-refractivity contribution in [2.24, 2.45) is 0 Å². The first kappa shape index (κ1) is 22.0. The third-order valence-electron chi connectivity index (χ3n) is 5.12. The third-order valence-corrected chi connectivity index (χ3v) is 7.05. The molecule has 14 heteroatoms. The van der Waals surface area contributed by atoms with Crippen LogP contribution < -0.4 is 8.37 Å². The molecule has 1 aromatic carbocycles. The molecule has 0 aliphatic heterocycles. The predicted octanol–water partition coefficient (Wildman–Crippen LogP) is 3.90. The van der Waals surface area contributed by atoms with Gasteiger partial charge in [-0.25, -0.2) is 0 Å². The summed E-state index contributed by atoms with van der Waals surface area (Å²) >= 11 is 0. The minimum atomic E-state index is -6.03. The molecule has 3 rings (SSSR count). The molecule has 2 aliphatic carbocycles. The summed E-state index contributed by atoms with van der Waals surface area (Å²) in [5, 5.41) is 0. The van der Waals surface area contributed by atoms with E-state index in [1.165, 1.54) is 0 Å². The standard InChI is InChI=1S/C15H14F6O6S2/c16-14(17,18)28(22,23)26-10-4-5-11(27-29(24,25)15(19,20)21)12-9(10)3-1-6-13(12)7-2-8-13/h4-5H,1-3,6-8H2. The Bertz CT molecular complexity index is 1020. The monoisotopic (exact) mass is 468 g/mol. The van der Waals surface area contributed by atoms with Crippen LogP contribution in [0.15, 0.2) is 12.1 Å². The van der Waals surface area contributed by atoms with Gasteiger partial charge in [-0.3, -0.25) is 0 Å². The van der Waals surface area contributed by atoms with E-state index in [1.54, 1.807) is 0 Å². The average Bonchev–Trinajstić information content (AvgIpc) is 2.52. The molecule has 1 aromatic rings. The zero-order valence-electron chi connectivity index (χ0n) is 14.4. The van der Waals surface area contributed by atoms with Crippen LogP contribution in [-0.4, -0.2) is 27.9 Å². The van der Waals surface area contributed by atoms with Crippen LogP contribution in [-0.2, 0) is 32.1 Å². The molecule has 1 spiro atoms. The van der Waals surface area contributed by atoms with Crippen LogP contribution in [0.1, 0.15) is 43.2 Å². The van der Waals surface area contributed by atoms with Crippen LogP contribution >= 0.6 is 0 Å². The van der Waals surface area contributed by atoms with Gasteiger partial charge in [-0.05, 0) is 49.7 Å². The molecule has 0 bridgehead atoms. The minimum Gasteiger partial charge on any atom is -0.376 e. The molecule has 1 saturated carbocycles. The Hall–Kier alpha value is -1.70. The fraction of sp³-hybridized carbons (Fsp3) is 0.600. The lowest BCUT2D eigenvalue weighted by atomic mass is 9.58.